The average molecular weight is 205 g/mol. The lowest BCUT2D eigenvalue weighted by atomic mass is 10.1. The number of benzene rings is 1. The molecule has 14 heavy (non-hydrogen) atoms. The molecule has 0 amide bonds. The molecule has 0 fully saturated rings. The van der Waals surface area contributed by atoms with Gasteiger partial charge in [0.25, 0.3) is 0 Å². The standard InChI is InChI=1S/C10H11N3S/c11-6-3-1-5-2-4-7-9(8(5)6)14-10(12)13-7/h2-4,10,13H,1,11-12H2. The van der Waals surface area contributed by atoms with E-state index in [2.05, 4.69) is 23.5 Å². The van der Waals surface area contributed by atoms with Crippen molar-refractivity contribution in [1.82, 2.24) is 0 Å². The monoisotopic (exact) mass is 205 g/mol. The third-order valence-electron chi connectivity index (χ3n) is 2.62. The van der Waals surface area contributed by atoms with Crippen LogP contribution in [0.25, 0.3) is 5.70 Å². The van der Waals surface area contributed by atoms with Gasteiger partial charge in [-0.05, 0) is 18.1 Å². The summed E-state index contributed by atoms with van der Waals surface area (Å²) in [5, 5.41) is 3.21. The van der Waals surface area contributed by atoms with Crippen LogP contribution in [0.15, 0.2) is 23.1 Å². The number of fused-ring (bicyclic) bond motifs is 3. The van der Waals surface area contributed by atoms with Crippen LogP contribution in [0.1, 0.15) is 11.1 Å². The number of nitrogens with two attached hydrogens (primary N) is 2. The largest absolute Gasteiger partial charge is 0.398 e. The average Bonchev–Trinajstić information content (AvgIpc) is 2.68. The van der Waals surface area contributed by atoms with Crippen molar-refractivity contribution in [2.75, 3.05) is 5.32 Å². The van der Waals surface area contributed by atoms with E-state index in [1.54, 1.807) is 11.8 Å². The van der Waals surface area contributed by atoms with Gasteiger partial charge in [-0.25, -0.2) is 0 Å². The number of hydrogen-bond acceptors (Lipinski definition) is 4. The van der Waals surface area contributed by atoms with Crippen LogP contribution in [0.2, 0.25) is 0 Å². The van der Waals surface area contributed by atoms with Crippen LogP contribution >= 0.6 is 11.8 Å². The summed E-state index contributed by atoms with van der Waals surface area (Å²) in [6.07, 6.45) is 3.01. The maximum atomic E-state index is 5.94. The topological polar surface area (TPSA) is 64.1 Å². The van der Waals surface area contributed by atoms with Gasteiger partial charge in [-0.15, -0.1) is 0 Å². The fourth-order valence-corrected chi connectivity index (χ4v) is 3.04. The Balaban J connectivity index is 2.22. The first-order chi connectivity index (χ1) is 6.75. The summed E-state index contributed by atoms with van der Waals surface area (Å²) in [5.41, 5.74) is 16.2. The molecule has 1 heterocycles. The normalized spacial score (nSPS) is 22.6. The van der Waals surface area contributed by atoms with Crippen molar-refractivity contribution in [3.8, 4) is 0 Å². The number of hydrogen-bond donors (Lipinski definition) is 3. The summed E-state index contributed by atoms with van der Waals surface area (Å²) < 4.78 is 0. The minimum atomic E-state index is -0.0371. The highest BCUT2D eigenvalue weighted by atomic mass is 32.2. The second-order valence-corrected chi connectivity index (χ2v) is 4.67. The van der Waals surface area contributed by atoms with Gasteiger partial charge in [0.15, 0.2) is 0 Å². The molecule has 1 aromatic rings. The SMILES string of the molecule is NC1=CCc2ccc3c(c21)SC(N)N3. The molecule has 1 aliphatic heterocycles. The van der Waals surface area contributed by atoms with Crippen LogP contribution in [0.3, 0.4) is 0 Å². The molecular formula is C10H11N3S. The van der Waals surface area contributed by atoms with Crippen molar-refractivity contribution in [2.45, 2.75) is 16.8 Å². The smallest absolute Gasteiger partial charge is 0.127 e. The minimum Gasteiger partial charge on any atom is -0.398 e. The molecule has 0 saturated carbocycles. The summed E-state index contributed by atoms with van der Waals surface area (Å²) in [4.78, 5) is 1.21. The Hall–Kier alpha value is -1.13. The zero-order valence-corrected chi connectivity index (χ0v) is 8.40. The van der Waals surface area contributed by atoms with Crippen LogP contribution in [0, 0.1) is 0 Å². The fourth-order valence-electron chi connectivity index (χ4n) is 1.98. The Kier molecular flexibility index (Phi) is 1.57. The maximum Gasteiger partial charge on any atom is 0.127 e. The lowest BCUT2D eigenvalue weighted by Gasteiger charge is -2.06. The molecule has 1 unspecified atom stereocenters. The van der Waals surface area contributed by atoms with Gasteiger partial charge in [0.05, 0.1) is 5.69 Å². The third-order valence-corrected chi connectivity index (χ3v) is 3.65. The lowest BCUT2D eigenvalue weighted by Crippen LogP contribution is -2.20. The zero-order valence-electron chi connectivity index (χ0n) is 7.58. The molecule has 0 aromatic heterocycles. The van der Waals surface area contributed by atoms with E-state index >= 15 is 0 Å². The Bertz CT molecular complexity index is 439. The minimum absolute atomic E-state index is 0.0371. The van der Waals surface area contributed by atoms with Gasteiger partial charge in [0.2, 0.25) is 0 Å². The highest BCUT2D eigenvalue weighted by Crippen LogP contribution is 2.44. The molecule has 3 rings (SSSR count). The van der Waals surface area contributed by atoms with Crippen molar-refractivity contribution in [3.05, 3.63) is 29.3 Å². The van der Waals surface area contributed by atoms with Gasteiger partial charge >= 0.3 is 0 Å². The highest BCUT2D eigenvalue weighted by Gasteiger charge is 2.25. The van der Waals surface area contributed by atoms with Crippen molar-refractivity contribution >= 4 is 23.1 Å². The second-order valence-electron chi connectivity index (χ2n) is 3.52. The van der Waals surface area contributed by atoms with E-state index in [1.165, 1.54) is 16.0 Å². The molecule has 4 heteroatoms. The molecule has 3 nitrogen and oxygen atoms in total. The lowest BCUT2D eigenvalue weighted by molar-refractivity contribution is 1.08. The summed E-state index contributed by atoms with van der Waals surface area (Å²) in [5.74, 6) is 0. The molecule has 0 saturated heterocycles. The Morgan fingerprint density at radius 2 is 2.29 bits per heavy atom. The number of anilines is 1. The molecule has 5 N–H and O–H groups in total. The molecule has 0 bridgehead atoms. The first-order valence-corrected chi connectivity index (χ1v) is 5.44. The van der Waals surface area contributed by atoms with Gasteiger partial charge in [-0.2, -0.15) is 0 Å². The summed E-state index contributed by atoms with van der Waals surface area (Å²) in [7, 11) is 0. The van der Waals surface area contributed by atoms with E-state index in [-0.39, 0.29) is 5.50 Å². The molecule has 72 valence electrons. The Morgan fingerprint density at radius 3 is 3.14 bits per heavy atom. The first kappa shape index (κ1) is 8.20. The number of allylic oxidation sites excluding steroid dienone is 1. The van der Waals surface area contributed by atoms with E-state index in [4.69, 9.17) is 11.5 Å². The maximum absolute atomic E-state index is 5.94. The van der Waals surface area contributed by atoms with Crippen LogP contribution in [0.5, 0.6) is 0 Å². The summed E-state index contributed by atoms with van der Waals surface area (Å²) >= 11 is 1.65. The third kappa shape index (κ3) is 0.980. The molecule has 0 spiro atoms. The number of rotatable bonds is 0. The number of nitrogens with one attached hydrogen (secondary N) is 1. The Labute approximate surface area is 86.5 Å². The summed E-state index contributed by atoms with van der Waals surface area (Å²) in [6, 6.07) is 4.20. The van der Waals surface area contributed by atoms with Crippen molar-refractivity contribution in [2.24, 2.45) is 11.5 Å². The van der Waals surface area contributed by atoms with E-state index in [0.29, 0.717) is 0 Å². The molecule has 1 aromatic carbocycles. The molecule has 1 atom stereocenters. The quantitative estimate of drug-likeness (QED) is 0.597. The van der Waals surface area contributed by atoms with Gasteiger partial charge in [0, 0.05) is 16.2 Å². The van der Waals surface area contributed by atoms with Crippen molar-refractivity contribution in [3.63, 3.8) is 0 Å². The van der Waals surface area contributed by atoms with E-state index < -0.39 is 0 Å². The van der Waals surface area contributed by atoms with Gasteiger partial charge in [-0.3, -0.25) is 0 Å². The first-order valence-electron chi connectivity index (χ1n) is 4.56. The van der Waals surface area contributed by atoms with Crippen LogP contribution < -0.4 is 16.8 Å². The van der Waals surface area contributed by atoms with Crippen LogP contribution in [-0.4, -0.2) is 5.50 Å². The van der Waals surface area contributed by atoms with Crippen LogP contribution in [0.4, 0.5) is 5.69 Å². The molecule has 1 aliphatic carbocycles. The van der Waals surface area contributed by atoms with E-state index in [1.807, 2.05) is 0 Å². The molecule has 0 radical (unpaired) electrons. The second kappa shape index (κ2) is 2.68. The summed E-state index contributed by atoms with van der Waals surface area (Å²) in [6.45, 7) is 0. The predicted octanol–water partition coefficient (Wildman–Crippen LogP) is 1.30. The predicted molar refractivity (Wildman–Crippen MR) is 59.8 cm³/mol. The van der Waals surface area contributed by atoms with E-state index in [0.717, 1.165) is 17.8 Å². The van der Waals surface area contributed by atoms with Gasteiger partial charge < -0.3 is 16.8 Å². The van der Waals surface area contributed by atoms with Gasteiger partial charge in [-0.1, -0.05) is 23.9 Å². The van der Waals surface area contributed by atoms with E-state index in [9.17, 15) is 0 Å². The zero-order chi connectivity index (χ0) is 9.71. The Morgan fingerprint density at radius 1 is 1.43 bits per heavy atom. The van der Waals surface area contributed by atoms with Crippen LogP contribution in [-0.2, 0) is 6.42 Å². The van der Waals surface area contributed by atoms with Crippen molar-refractivity contribution in [1.29, 1.82) is 0 Å². The molecular weight excluding hydrogens is 194 g/mol. The number of thioether (sulfide) groups is 1. The highest BCUT2D eigenvalue weighted by molar-refractivity contribution is 8.00. The van der Waals surface area contributed by atoms with Crippen molar-refractivity contribution < 1.29 is 0 Å². The molecule has 2 aliphatic rings. The fraction of sp³-hybridized carbons (Fsp3) is 0.200. The van der Waals surface area contributed by atoms with Gasteiger partial charge in [0.1, 0.15) is 5.50 Å².